The lowest BCUT2D eigenvalue weighted by molar-refractivity contribution is -0.157. The third-order valence-electron chi connectivity index (χ3n) is 10.5. The molecule has 2 saturated heterocycles. The van der Waals surface area contributed by atoms with Gasteiger partial charge < -0.3 is 23.4 Å². The van der Waals surface area contributed by atoms with Crippen molar-refractivity contribution in [1.82, 2.24) is 30.2 Å². The standard InChI is InChI=1S/C43H38F6N8O5/c44-42(45,46)38-52-50-36(61-38)30-15-11-28(12-16-30)19-22-56(33-8-2-1-3-9-33)41(59)55-23-24-60-35(27-55)32-7-6-10-34(25-32)57(40(58)54-20-4-5-21-54)26-29-13-17-31(18-14-29)37-51-53-39(62-37)43(47,48)49/h1-3,6-18,25,35H,4-5,19-24,26-27H2. The molecule has 0 bridgehead atoms. The van der Waals surface area contributed by atoms with Gasteiger partial charge in [-0.1, -0.05) is 54.6 Å². The first kappa shape index (κ1) is 42.0. The highest BCUT2D eigenvalue weighted by molar-refractivity contribution is 5.93. The van der Waals surface area contributed by atoms with E-state index in [0.29, 0.717) is 54.1 Å². The maximum absolute atomic E-state index is 14.3. The second kappa shape index (κ2) is 17.7. The average molecular weight is 861 g/mol. The molecule has 62 heavy (non-hydrogen) atoms. The van der Waals surface area contributed by atoms with Gasteiger partial charge in [-0.25, -0.2) is 9.59 Å². The molecule has 2 aliphatic rings. The smallest absolute Gasteiger partial charge is 0.413 e. The number of alkyl halides is 6. The Hall–Kier alpha value is -6.76. The van der Waals surface area contributed by atoms with E-state index in [1.807, 2.05) is 54.6 Å². The van der Waals surface area contributed by atoms with Gasteiger partial charge >= 0.3 is 36.2 Å². The molecular weight excluding hydrogens is 823 g/mol. The molecule has 4 amide bonds. The van der Waals surface area contributed by atoms with Crippen LogP contribution >= 0.6 is 0 Å². The highest BCUT2D eigenvalue weighted by atomic mass is 19.4. The second-order valence-corrected chi connectivity index (χ2v) is 14.7. The number of urea groups is 2. The lowest BCUT2D eigenvalue weighted by Gasteiger charge is -2.37. The number of morpholine rings is 1. The fourth-order valence-electron chi connectivity index (χ4n) is 7.28. The van der Waals surface area contributed by atoms with E-state index in [1.165, 1.54) is 0 Å². The molecule has 2 fully saturated rings. The van der Waals surface area contributed by atoms with Gasteiger partial charge in [-0.05, 0) is 84.5 Å². The van der Waals surface area contributed by atoms with Crippen molar-refractivity contribution in [3.63, 3.8) is 0 Å². The molecule has 0 spiro atoms. The Bertz CT molecular complexity index is 2470. The number of carbonyl (C=O) groups is 2. The van der Waals surface area contributed by atoms with E-state index in [1.54, 1.807) is 68.1 Å². The summed E-state index contributed by atoms with van der Waals surface area (Å²) in [7, 11) is 0. The fourth-order valence-corrected chi connectivity index (χ4v) is 7.28. The highest BCUT2D eigenvalue weighted by Gasteiger charge is 2.39. The van der Waals surface area contributed by atoms with Crippen LogP contribution in [0.1, 0.15) is 47.4 Å². The predicted molar refractivity (Wildman–Crippen MR) is 211 cm³/mol. The van der Waals surface area contributed by atoms with E-state index < -0.39 is 30.2 Å². The summed E-state index contributed by atoms with van der Waals surface area (Å²) < 4.78 is 94.0. The first-order valence-corrected chi connectivity index (χ1v) is 19.7. The number of aromatic nitrogens is 4. The molecule has 0 aliphatic carbocycles. The van der Waals surface area contributed by atoms with Crippen LogP contribution in [0.3, 0.4) is 0 Å². The molecule has 19 heteroatoms. The lowest BCUT2D eigenvalue weighted by atomic mass is 10.1. The van der Waals surface area contributed by atoms with E-state index in [0.717, 1.165) is 24.0 Å². The molecule has 13 nitrogen and oxygen atoms in total. The molecule has 0 saturated carbocycles. The van der Waals surface area contributed by atoms with Crippen LogP contribution in [-0.2, 0) is 30.1 Å². The van der Waals surface area contributed by atoms with Crippen LogP contribution in [0.15, 0.2) is 112 Å². The summed E-state index contributed by atoms with van der Waals surface area (Å²) in [5, 5.41) is 13.2. The van der Waals surface area contributed by atoms with Crippen LogP contribution in [-0.4, -0.2) is 81.6 Å². The summed E-state index contributed by atoms with van der Waals surface area (Å²) in [5.41, 5.74) is 4.17. The molecule has 2 aliphatic heterocycles. The summed E-state index contributed by atoms with van der Waals surface area (Å²) in [6.07, 6.45) is -7.88. The Kier molecular flexibility index (Phi) is 12.0. The van der Waals surface area contributed by atoms with Gasteiger partial charge in [0.05, 0.1) is 19.7 Å². The minimum absolute atomic E-state index is 0.150. The van der Waals surface area contributed by atoms with Crippen LogP contribution in [0.5, 0.6) is 0 Å². The summed E-state index contributed by atoms with van der Waals surface area (Å²) in [6.45, 7) is 2.44. The van der Waals surface area contributed by atoms with Crippen molar-refractivity contribution < 1.29 is 49.5 Å². The number of hydrogen-bond donors (Lipinski definition) is 0. The zero-order valence-corrected chi connectivity index (χ0v) is 32.9. The van der Waals surface area contributed by atoms with Crippen LogP contribution in [0, 0.1) is 0 Å². The number of rotatable bonds is 10. The van der Waals surface area contributed by atoms with Crippen LogP contribution in [0.25, 0.3) is 22.9 Å². The summed E-state index contributed by atoms with van der Waals surface area (Å²) >= 11 is 0. The van der Waals surface area contributed by atoms with Gasteiger partial charge in [0.15, 0.2) is 0 Å². The SMILES string of the molecule is O=C(N1CCOC(c2cccc(N(Cc3ccc(-c4nnc(C(F)(F)F)o4)cc3)C(=O)N3CCCC3)c2)C1)N(CCc1ccc(-c2nnc(C(F)(F)F)o2)cc1)c1ccccc1. The highest BCUT2D eigenvalue weighted by Crippen LogP contribution is 2.33. The molecule has 6 aromatic rings. The summed E-state index contributed by atoms with van der Waals surface area (Å²) in [5.74, 6) is -3.41. The largest absolute Gasteiger partial charge is 0.470 e. The van der Waals surface area contributed by atoms with E-state index in [-0.39, 0.29) is 50.1 Å². The Balaban J connectivity index is 0.973. The Morgan fingerprint density at radius 3 is 1.77 bits per heavy atom. The first-order valence-electron chi connectivity index (χ1n) is 19.7. The maximum atomic E-state index is 14.3. The number of hydrogen-bond acceptors (Lipinski definition) is 9. The molecule has 4 aromatic carbocycles. The number of nitrogens with zero attached hydrogens (tertiary/aromatic N) is 8. The minimum atomic E-state index is -4.77. The Morgan fingerprint density at radius 2 is 1.19 bits per heavy atom. The van der Waals surface area contributed by atoms with Gasteiger partial charge in [0, 0.05) is 48.7 Å². The molecule has 1 atom stereocenters. The van der Waals surface area contributed by atoms with Crippen molar-refractivity contribution >= 4 is 23.4 Å². The number of likely N-dealkylation sites (tertiary alicyclic amines) is 1. The zero-order chi connectivity index (χ0) is 43.4. The van der Waals surface area contributed by atoms with E-state index in [4.69, 9.17) is 13.6 Å². The van der Waals surface area contributed by atoms with Gasteiger partial charge in [0.2, 0.25) is 11.8 Å². The van der Waals surface area contributed by atoms with Crippen molar-refractivity contribution in [2.45, 2.75) is 44.3 Å². The van der Waals surface area contributed by atoms with E-state index in [2.05, 4.69) is 20.4 Å². The second-order valence-electron chi connectivity index (χ2n) is 14.7. The van der Waals surface area contributed by atoms with Crippen molar-refractivity contribution in [3.05, 3.63) is 132 Å². The van der Waals surface area contributed by atoms with Crippen LogP contribution in [0.2, 0.25) is 0 Å². The molecule has 2 aromatic heterocycles. The van der Waals surface area contributed by atoms with Gasteiger partial charge in [0.25, 0.3) is 0 Å². The Morgan fingerprint density at radius 1 is 0.629 bits per heavy atom. The third-order valence-corrected chi connectivity index (χ3v) is 10.5. The van der Waals surface area contributed by atoms with Gasteiger partial charge in [-0.15, -0.1) is 20.4 Å². The van der Waals surface area contributed by atoms with Gasteiger partial charge in [-0.3, -0.25) is 9.80 Å². The molecular formula is C43H38F6N8O5. The third kappa shape index (κ3) is 9.57. The quantitative estimate of drug-likeness (QED) is 0.124. The molecule has 8 rings (SSSR count). The fraction of sp³-hybridized carbons (Fsp3) is 0.302. The van der Waals surface area contributed by atoms with Crippen molar-refractivity contribution in [2.75, 3.05) is 49.1 Å². The average Bonchev–Trinajstić information content (AvgIpc) is 4.10. The van der Waals surface area contributed by atoms with Crippen molar-refractivity contribution in [3.8, 4) is 22.9 Å². The molecule has 1 unspecified atom stereocenters. The maximum Gasteiger partial charge on any atom is 0.470 e. The summed E-state index contributed by atoms with van der Waals surface area (Å²) in [4.78, 5) is 35.2. The zero-order valence-electron chi connectivity index (χ0n) is 32.9. The number of ether oxygens (including phenoxy) is 1. The predicted octanol–water partition coefficient (Wildman–Crippen LogP) is 9.29. The molecule has 322 valence electrons. The van der Waals surface area contributed by atoms with Crippen molar-refractivity contribution in [2.24, 2.45) is 0 Å². The Labute approximate surface area is 350 Å². The number of benzene rings is 4. The normalized spacial score (nSPS) is 15.8. The first-order chi connectivity index (χ1) is 29.8. The lowest BCUT2D eigenvalue weighted by Crippen LogP contribution is -2.49. The van der Waals surface area contributed by atoms with Crippen molar-refractivity contribution in [1.29, 1.82) is 0 Å². The van der Waals surface area contributed by atoms with Crippen LogP contribution in [0.4, 0.5) is 47.3 Å². The summed E-state index contributed by atoms with van der Waals surface area (Å²) in [6, 6.07) is 29.3. The minimum Gasteiger partial charge on any atom is -0.413 e. The number of amides is 4. The molecule has 4 heterocycles. The number of carbonyl (C=O) groups excluding carboxylic acids is 2. The molecule has 0 N–H and O–H groups in total. The number of anilines is 2. The number of halogens is 6. The monoisotopic (exact) mass is 860 g/mol. The number of para-hydroxylation sites is 1. The molecule has 0 radical (unpaired) electrons. The van der Waals surface area contributed by atoms with E-state index in [9.17, 15) is 35.9 Å². The van der Waals surface area contributed by atoms with Crippen LogP contribution < -0.4 is 9.80 Å². The van der Waals surface area contributed by atoms with Gasteiger partial charge in [0.1, 0.15) is 6.10 Å². The van der Waals surface area contributed by atoms with Gasteiger partial charge in [-0.2, -0.15) is 26.3 Å². The topological polar surface area (TPSA) is 134 Å². The van der Waals surface area contributed by atoms with E-state index >= 15 is 0 Å².